The van der Waals surface area contributed by atoms with Crippen molar-refractivity contribution in [3.8, 4) is 50.2 Å². The van der Waals surface area contributed by atoms with Gasteiger partial charge in [0.15, 0.2) is 12.4 Å². The van der Waals surface area contributed by atoms with Crippen LogP contribution in [0.3, 0.4) is 0 Å². The smallest absolute Gasteiger partial charge is 0.169 e. The van der Waals surface area contributed by atoms with E-state index in [0.29, 0.717) is 0 Å². The molecule has 0 N–H and O–H groups in total. The summed E-state index contributed by atoms with van der Waals surface area (Å²) in [5, 5.41) is 2.36. The van der Waals surface area contributed by atoms with Crippen LogP contribution in [0.1, 0.15) is 43.4 Å². The van der Waals surface area contributed by atoms with E-state index in [9.17, 15) is 0 Å². The van der Waals surface area contributed by atoms with Crippen molar-refractivity contribution >= 4 is 50.4 Å². The summed E-state index contributed by atoms with van der Waals surface area (Å²) < 4.78 is 4.48. The molecule has 2 heterocycles. The molecular formula is C71H58N5+. The van der Waals surface area contributed by atoms with E-state index in [0.717, 1.165) is 80.5 Å². The van der Waals surface area contributed by atoms with Crippen molar-refractivity contribution in [1.82, 2.24) is 4.57 Å². The number of amidine groups is 1. The SMILES string of the molecule is C/N=C(\c1ccc2c(c1)c1cc(-c3ccc(N(c4ccc(-c5ccccc5)cc4)c4ccc5c(c4)C(C)(C)c4cc(-c6cc[n+](C)cc6)ccc4-5)cc3)ccc1n2-c1ccccc1)N(C1=CCCC=C1)c1ccccc1. The van der Waals surface area contributed by atoms with Gasteiger partial charge in [0.05, 0.1) is 11.0 Å². The van der Waals surface area contributed by atoms with Crippen molar-refractivity contribution in [2.45, 2.75) is 32.1 Å². The predicted octanol–water partition coefficient (Wildman–Crippen LogP) is 17.5. The molecule has 0 saturated heterocycles. The minimum atomic E-state index is -0.206. The summed E-state index contributed by atoms with van der Waals surface area (Å²) in [6.45, 7) is 4.75. The number of allylic oxidation sites excluding steroid dienone is 3. The fourth-order valence-corrected chi connectivity index (χ4v) is 11.7. The van der Waals surface area contributed by atoms with Crippen molar-refractivity contribution in [1.29, 1.82) is 0 Å². The quantitative estimate of drug-likeness (QED) is 0.0776. The van der Waals surface area contributed by atoms with Gasteiger partial charge in [-0.05, 0) is 172 Å². The van der Waals surface area contributed by atoms with Crippen molar-refractivity contribution in [2.24, 2.45) is 12.0 Å². The molecule has 76 heavy (non-hydrogen) atoms. The number of benzene rings is 9. The lowest BCUT2D eigenvalue weighted by atomic mass is 9.81. The number of aryl methyl sites for hydroxylation is 1. The molecule has 366 valence electrons. The Labute approximate surface area is 446 Å². The number of fused-ring (bicyclic) bond motifs is 6. The Morgan fingerprint density at radius 1 is 0.487 bits per heavy atom. The minimum absolute atomic E-state index is 0.206. The fourth-order valence-electron chi connectivity index (χ4n) is 11.7. The molecule has 0 unspecified atom stereocenters. The molecule has 11 aromatic rings. The van der Waals surface area contributed by atoms with Crippen molar-refractivity contribution in [2.75, 3.05) is 16.8 Å². The average Bonchev–Trinajstić information content (AvgIpc) is 4.03. The lowest BCUT2D eigenvalue weighted by molar-refractivity contribution is -0.671. The monoisotopic (exact) mass is 980 g/mol. The van der Waals surface area contributed by atoms with E-state index in [1.807, 2.05) is 7.05 Å². The molecule has 0 atom stereocenters. The Balaban J connectivity index is 0.902. The second-order valence-electron chi connectivity index (χ2n) is 20.6. The molecule has 0 saturated carbocycles. The van der Waals surface area contributed by atoms with E-state index < -0.39 is 0 Å². The Hall–Kier alpha value is -9.32. The van der Waals surface area contributed by atoms with Gasteiger partial charge in [0.1, 0.15) is 12.9 Å². The van der Waals surface area contributed by atoms with Crippen LogP contribution in [-0.4, -0.2) is 17.5 Å². The van der Waals surface area contributed by atoms with Gasteiger partial charge in [-0.2, -0.15) is 0 Å². The summed E-state index contributed by atoms with van der Waals surface area (Å²) in [6, 6.07) is 82.4. The second kappa shape index (κ2) is 19.2. The topological polar surface area (TPSA) is 27.6 Å². The molecule has 5 heteroatoms. The normalized spacial score (nSPS) is 13.6. The molecule has 2 aliphatic carbocycles. The zero-order valence-corrected chi connectivity index (χ0v) is 43.4. The summed E-state index contributed by atoms with van der Waals surface area (Å²) in [7, 11) is 3.97. The number of hydrogen-bond donors (Lipinski definition) is 0. The Bertz CT molecular complexity index is 4050. The minimum Gasteiger partial charge on any atom is -0.310 e. The maximum atomic E-state index is 5.02. The molecule has 13 rings (SSSR count). The van der Waals surface area contributed by atoms with Gasteiger partial charge in [-0.25, -0.2) is 4.57 Å². The van der Waals surface area contributed by atoms with Crippen LogP contribution >= 0.6 is 0 Å². The Kier molecular flexibility index (Phi) is 11.7. The van der Waals surface area contributed by atoms with Crippen LogP contribution in [-0.2, 0) is 12.5 Å². The third-order valence-corrected chi connectivity index (χ3v) is 15.6. The van der Waals surface area contributed by atoms with Crippen molar-refractivity contribution in [3.05, 3.63) is 277 Å². The number of hydrogen-bond acceptors (Lipinski definition) is 2. The summed E-state index contributed by atoms with van der Waals surface area (Å²) in [6.07, 6.45) is 13.1. The molecule has 0 bridgehead atoms. The number of rotatable bonds is 10. The number of nitrogens with zero attached hydrogens (tertiary/aromatic N) is 5. The van der Waals surface area contributed by atoms with Gasteiger partial charge in [0, 0.05) is 75.1 Å². The third kappa shape index (κ3) is 8.22. The largest absolute Gasteiger partial charge is 0.310 e. The highest BCUT2D eigenvalue weighted by Crippen LogP contribution is 2.52. The second-order valence-corrected chi connectivity index (χ2v) is 20.6. The van der Waals surface area contributed by atoms with E-state index in [-0.39, 0.29) is 5.41 Å². The molecule has 9 aromatic carbocycles. The van der Waals surface area contributed by atoms with Gasteiger partial charge >= 0.3 is 0 Å². The zero-order valence-electron chi connectivity index (χ0n) is 43.4. The summed E-state index contributed by atoms with van der Waals surface area (Å²) >= 11 is 0. The van der Waals surface area contributed by atoms with Gasteiger partial charge in [0.2, 0.25) is 0 Å². The van der Waals surface area contributed by atoms with E-state index in [1.54, 1.807) is 0 Å². The number of anilines is 4. The van der Waals surface area contributed by atoms with Gasteiger partial charge in [0.25, 0.3) is 0 Å². The van der Waals surface area contributed by atoms with E-state index in [1.165, 1.54) is 55.3 Å². The lowest BCUT2D eigenvalue weighted by Gasteiger charge is -2.28. The maximum absolute atomic E-state index is 5.02. The van der Waals surface area contributed by atoms with Crippen molar-refractivity contribution < 1.29 is 4.57 Å². The van der Waals surface area contributed by atoms with Crippen molar-refractivity contribution in [3.63, 3.8) is 0 Å². The Morgan fingerprint density at radius 2 is 1.01 bits per heavy atom. The summed E-state index contributed by atoms with van der Waals surface area (Å²) in [4.78, 5) is 9.73. The molecule has 2 aliphatic rings. The van der Waals surface area contributed by atoms with Crippen LogP contribution in [0.5, 0.6) is 0 Å². The highest BCUT2D eigenvalue weighted by molar-refractivity contribution is 6.17. The van der Waals surface area contributed by atoms with E-state index in [4.69, 9.17) is 4.99 Å². The highest BCUT2D eigenvalue weighted by atomic mass is 15.2. The first-order chi connectivity index (χ1) is 37.3. The predicted molar refractivity (Wildman–Crippen MR) is 318 cm³/mol. The van der Waals surface area contributed by atoms with Gasteiger partial charge < -0.3 is 9.47 Å². The van der Waals surface area contributed by atoms with Crippen LogP contribution < -0.4 is 14.4 Å². The first-order valence-corrected chi connectivity index (χ1v) is 26.4. The molecule has 0 aliphatic heterocycles. The zero-order chi connectivity index (χ0) is 51.3. The molecule has 0 fully saturated rings. The highest BCUT2D eigenvalue weighted by Gasteiger charge is 2.36. The van der Waals surface area contributed by atoms with Crippen LogP contribution in [0.2, 0.25) is 0 Å². The molecule has 0 spiro atoms. The molecular weight excluding hydrogens is 923 g/mol. The fraction of sp³-hybridized carbons (Fsp3) is 0.0986. The molecule has 0 amide bonds. The van der Waals surface area contributed by atoms with Crippen LogP contribution in [0.25, 0.3) is 72.0 Å². The maximum Gasteiger partial charge on any atom is 0.169 e. The molecule has 0 radical (unpaired) electrons. The van der Waals surface area contributed by atoms with E-state index in [2.05, 4.69) is 295 Å². The van der Waals surface area contributed by atoms with Crippen LogP contribution in [0, 0.1) is 0 Å². The number of pyridine rings is 1. The van der Waals surface area contributed by atoms with Gasteiger partial charge in [-0.3, -0.25) is 9.89 Å². The number of aliphatic imine (C=N–C) groups is 1. The summed E-state index contributed by atoms with van der Waals surface area (Å²) in [5.74, 6) is 0.903. The molecule has 2 aromatic heterocycles. The average molecular weight is 981 g/mol. The van der Waals surface area contributed by atoms with Crippen LogP contribution in [0.15, 0.2) is 266 Å². The number of aromatic nitrogens is 2. The van der Waals surface area contributed by atoms with Gasteiger partial charge in [-0.1, -0.05) is 141 Å². The lowest BCUT2D eigenvalue weighted by Crippen LogP contribution is -2.31. The Morgan fingerprint density at radius 3 is 1.67 bits per heavy atom. The molecule has 5 nitrogen and oxygen atoms in total. The first kappa shape index (κ1) is 46.5. The standard InChI is InChI=1S/C71H58N5/c1-71(2)66-47-54(52-41-43-73(4)44-42-52)29-37-62(66)63-38-36-61(48-67(63)71)74(59-32-25-50(26-33-59)49-17-9-5-10-18-49)60-34-27-51(28-35-60)53-30-39-68-64(45-53)65-46-55(31-40-69(65)76(68)58-23-15-8-16-24-58)70(72-3)75(56-19-11-6-12-20-56)57-21-13-7-14-22-57/h5-6,8-13,15-48H,7,14H2,1-4H3/q+1/b72-70+. The third-order valence-electron chi connectivity index (χ3n) is 15.6. The first-order valence-electron chi connectivity index (χ1n) is 26.4. The summed E-state index contributed by atoms with van der Waals surface area (Å²) in [5.41, 5.74) is 22.3. The van der Waals surface area contributed by atoms with E-state index >= 15 is 0 Å². The number of para-hydroxylation sites is 2. The van der Waals surface area contributed by atoms with Gasteiger partial charge in [-0.15, -0.1) is 0 Å². The van der Waals surface area contributed by atoms with Crippen LogP contribution in [0.4, 0.5) is 22.7 Å².